The van der Waals surface area contributed by atoms with E-state index < -0.39 is 0 Å². The van der Waals surface area contributed by atoms with E-state index in [1.54, 1.807) is 7.11 Å². The van der Waals surface area contributed by atoms with Crippen LogP contribution in [0.15, 0.2) is 65.1 Å². The fraction of sp³-hybridized carbons (Fsp3) is 0.130. The van der Waals surface area contributed by atoms with Crippen molar-refractivity contribution in [3.8, 4) is 17.2 Å². The summed E-state index contributed by atoms with van der Waals surface area (Å²) < 4.78 is 11.1. The summed E-state index contributed by atoms with van der Waals surface area (Å²) in [5.74, 6) is 1.09. The summed E-state index contributed by atoms with van der Waals surface area (Å²) in [6, 6.07) is 18.7. The van der Waals surface area contributed by atoms with Gasteiger partial charge in [-0.3, -0.25) is 4.79 Å². The van der Waals surface area contributed by atoms with Gasteiger partial charge in [-0.05, 0) is 62.4 Å². The number of aromatic nitrogens is 1. The van der Waals surface area contributed by atoms with E-state index in [-0.39, 0.29) is 5.91 Å². The number of carbonyl (C=O) groups is 1. The van der Waals surface area contributed by atoms with Crippen LogP contribution in [0.3, 0.4) is 0 Å². The minimum atomic E-state index is -0.150. The first-order valence-corrected chi connectivity index (χ1v) is 8.96. The summed E-state index contributed by atoms with van der Waals surface area (Å²) in [6.45, 7) is 3.96. The number of hydrogen-bond acceptors (Lipinski definition) is 4. The lowest BCUT2D eigenvalue weighted by atomic mass is 10.1. The molecule has 0 radical (unpaired) electrons. The largest absolute Gasteiger partial charge is 0.497 e. The van der Waals surface area contributed by atoms with Crippen LogP contribution in [0.2, 0.25) is 0 Å². The number of carbonyl (C=O) groups excluding carboxylic acids is 1. The number of fused-ring (bicyclic) bond motifs is 1. The van der Waals surface area contributed by atoms with Crippen LogP contribution in [0.5, 0.6) is 5.75 Å². The number of benzene rings is 3. The topological polar surface area (TPSA) is 64.4 Å². The molecule has 4 rings (SSSR count). The van der Waals surface area contributed by atoms with Gasteiger partial charge in [0.05, 0.1) is 7.11 Å². The predicted molar refractivity (Wildman–Crippen MR) is 110 cm³/mol. The second-order valence-electron chi connectivity index (χ2n) is 6.76. The quantitative estimate of drug-likeness (QED) is 0.523. The summed E-state index contributed by atoms with van der Waals surface area (Å²) >= 11 is 0. The minimum absolute atomic E-state index is 0.150. The van der Waals surface area contributed by atoms with E-state index in [1.165, 1.54) is 0 Å². The highest BCUT2D eigenvalue weighted by atomic mass is 16.5. The predicted octanol–water partition coefficient (Wildman–Crippen LogP) is 5.37. The van der Waals surface area contributed by atoms with Gasteiger partial charge in [0.15, 0.2) is 5.58 Å². The van der Waals surface area contributed by atoms with Gasteiger partial charge < -0.3 is 14.5 Å². The summed E-state index contributed by atoms with van der Waals surface area (Å²) in [7, 11) is 1.62. The molecule has 1 N–H and O–H groups in total. The first-order valence-electron chi connectivity index (χ1n) is 8.96. The van der Waals surface area contributed by atoms with E-state index in [4.69, 9.17) is 9.15 Å². The second-order valence-corrected chi connectivity index (χ2v) is 6.76. The van der Waals surface area contributed by atoms with Gasteiger partial charge in [0, 0.05) is 16.8 Å². The van der Waals surface area contributed by atoms with E-state index >= 15 is 0 Å². The first-order chi connectivity index (χ1) is 13.5. The van der Waals surface area contributed by atoms with Crippen molar-refractivity contribution in [2.45, 2.75) is 13.8 Å². The maximum absolute atomic E-state index is 12.6. The molecule has 3 aromatic carbocycles. The number of nitrogens with one attached hydrogen (secondary N) is 1. The first kappa shape index (κ1) is 17.8. The van der Waals surface area contributed by atoms with Crippen LogP contribution < -0.4 is 10.1 Å². The lowest BCUT2D eigenvalue weighted by Gasteiger charge is -2.07. The molecule has 28 heavy (non-hydrogen) atoms. The maximum Gasteiger partial charge on any atom is 0.255 e. The van der Waals surface area contributed by atoms with Crippen molar-refractivity contribution in [1.82, 2.24) is 4.98 Å². The molecule has 140 valence electrons. The van der Waals surface area contributed by atoms with Crippen LogP contribution in [-0.2, 0) is 0 Å². The van der Waals surface area contributed by atoms with Crippen LogP contribution in [-0.4, -0.2) is 18.0 Å². The Bertz CT molecular complexity index is 1160. The summed E-state index contributed by atoms with van der Waals surface area (Å²) in [4.78, 5) is 17.1. The Morgan fingerprint density at radius 2 is 1.79 bits per heavy atom. The number of hydrogen-bond donors (Lipinski definition) is 1. The standard InChI is InChI=1S/C23H20N2O3/c1-14-9-15(2)11-17(10-14)22(26)24-18-7-8-21-20(13-18)25-23(28-21)16-5-4-6-19(12-16)27-3/h4-13H,1-3H3,(H,24,26). The molecule has 0 aliphatic carbocycles. The second kappa shape index (κ2) is 7.19. The van der Waals surface area contributed by atoms with Gasteiger partial charge in [0.2, 0.25) is 5.89 Å². The van der Waals surface area contributed by atoms with Gasteiger partial charge >= 0.3 is 0 Å². The number of rotatable bonds is 4. The number of oxazole rings is 1. The van der Waals surface area contributed by atoms with Gasteiger partial charge in [0.1, 0.15) is 11.3 Å². The number of amides is 1. The van der Waals surface area contributed by atoms with Gasteiger partial charge in [0.25, 0.3) is 5.91 Å². The molecule has 5 heteroatoms. The highest BCUT2D eigenvalue weighted by Crippen LogP contribution is 2.28. The van der Waals surface area contributed by atoms with Crippen molar-refractivity contribution in [3.63, 3.8) is 0 Å². The average Bonchev–Trinajstić information content (AvgIpc) is 3.10. The monoisotopic (exact) mass is 372 g/mol. The molecule has 0 aliphatic heterocycles. The smallest absolute Gasteiger partial charge is 0.255 e. The van der Waals surface area contributed by atoms with Gasteiger partial charge in [-0.25, -0.2) is 4.98 Å². The fourth-order valence-corrected chi connectivity index (χ4v) is 3.19. The molecule has 0 bridgehead atoms. The number of anilines is 1. The molecule has 4 aromatic rings. The van der Waals surface area contributed by atoms with E-state index in [1.807, 2.05) is 74.5 Å². The summed E-state index contributed by atoms with van der Waals surface area (Å²) in [6.07, 6.45) is 0. The normalized spacial score (nSPS) is 10.8. The number of ether oxygens (including phenoxy) is 1. The van der Waals surface area contributed by atoms with Crippen LogP contribution in [0.1, 0.15) is 21.5 Å². The third-order valence-corrected chi connectivity index (χ3v) is 4.45. The molecule has 0 saturated heterocycles. The van der Waals surface area contributed by atoms with Crippen molar-refractivity contribution in [2.75, 3.05) is 12.4 Å². The van der Waals surface area contributed by atoms with E-state index in [9.17, 15) is 4.79 Å². The molecule has 1 aromatic heterocycles. The average molecular weight is 372 g/mol. The number of methoxy groups -OCH3 is 1. The number of aryl methyl sites for hydroxylation is 2. The molecular weight excluding hydrogens is 352 g/mol. The van der Waals surface area contributed by atoms with Crippen LogP contribution in [0.25, 0.3) is 22.6 Å². The fourth-order valence-electron chi connectivity index (χ4n) is 3.19. The molecule has 0 spiro atoms. The lowest BCUT2D eigenvalue weighted by Crippen LogP contribution is -2.12. The van der Waals surface area contributed by atoms with E-state index in [0.717, 1.165) is 22.4 Å². The Hall–Kier alpha value is -3.60. The molecule has 1 amide bonds. The van der Waals surface area contributed by atoms with Crippen molar-refractivity contribution in [2.24, 2.45) is 0 Å². The van der Waals surface area contributed by atoms with Crippen molar-refractivity contribution in [1.29, 1.82) is 0 Å². The lowest BCUT2D eigenvalue weighted by molar-refractivity contribution is 0.102. The summed E-state index contributed by atoms with van der Waals surface area (Å²) in [5.41, 5.74) is 5.58. The molecule has 0 aliphatic rings. The zero-order valence-corrected chi connectivity index (χ0v) is 15.9. The van der Waals surface area contributed by atoms with E-state index in [0.29, 0.717) is 28.2 Å². The zero-order chi connectivity index (χ0) is 19.7. The highest BCUT2D eigenvalue weighted by molar-refractivity contribution is 6.05. The molecule has 0 fully saturated rings. The molecular formula is C23H20N2O3. The Morgan fingerprint density at radius 1 is 1.00 bits per heavy atom. The zero-order valence-electron chi connectivity index (χ0n) is 15.9. The van der Waals surface area contributed by atoms with Crippen LogP contribution >= 0.6 is 0 Å². The summed E-state index contributed by atoms with van der Waals surface area (Å²) in [5, 5.41) is 2.93. The van der Waals surface area contributed by atoms with Gasteiger partial charge in [-0.1, -0.05) is 23.3 Å². The van der Waals surface area contributed by atoms with Crippen LogP contribution in [0.4, 0.5) is 5.69 Å². The molecule has 0 unspecified atom stereocenters. The molecule has 1 heterocycles. The molecule has 0 atom stereocenters. The molecule has 5 nitrogen and oxygen atoms in total. The Balaban J connectivity index is 1.62. The van der Waals surface area contributed by atoms with Gasteiger partial charge in [-0.2, -0.15) is 0 Å². The maximum atomic E-state index is 12.6. The van der Waals surface area contributed by atoms with Gasteiger partial charge in [-0.15, -0.1) is 0 Å². The van der Waals surface area contributed by atoms with Crippen molar-refractivity contribution < 1.29 is 13.9 Å². The van der Waals surface area contributed by atoms with E-state index in [2.05, 4.69) is 10.3 Å². The van der Waals surface area contributed by atoms with Crippen molar-refractivity contribution >= 4 is 22.7 Å². The Kier molecular flexibility index (Phi) is 4.57. The highest BCUT2D eigenvalue weighted by Gasteiger charge is 2.12. The minimum Gasteiger partial charge on any atom is -0.497 e. The van der Waals surface area contributed by atoms with Crippen molar-refractivity contribution in [3.05, 3.63) is 77.4 Å². The third-order valence-electron chi connectivity index (χ3n) is 4.45. The SMILES string of the molecule is COc1cccc(-c2nc3cc(NC(=O)c4cc(C)cc(C)c4)ccc3o2)c1. The van der Waals surface area contributed by atoms with Crippen LogP contribution in [0, 0.1) is 13.8 Å². The third kappa shape index (κ3) is 3.60. The number of nitrogens with zero attached hydrogens (tertiary/aromatic N) is 1. The Labute approximate surface area is 163 Å². The molecule has 0 saturated carbocycles. The Morgan fingerprint density at radius 3 is 2.54 bits per heavy atom.